The highest BCUT2D eigenvalue weighted by Gasteiger charge is 2.26. The Morgan fingerprint density at radius 1 is 1.07 bits per heavy atom. The zero-order chi connectivity index (χ0) is 20.1. The Labute approximate surface area is 170 Å². The molecule has 2 aromatic rings. The lowest BCUT2D eigenvalue weighted by atomic mass is 9.93. The Bertz CT molecular complexity index is 806. The summed E-state index contributed by atoms with van der Waals surface area (Å²) >= 11 is 0. The van der Waals surface area contributed by atoms with Crippen LogP contribution < -0.4 is 5.32 Å². The van der Waals surface area contributed by atoms with Gasteiger partial charge in [0, 0.05) is 12.5 Å². The molecule has 0 saturated carbocycles. The molecule has 1 aliphatic rings. The minimum atomic E-state index is 0.110. The predicted molar refractivity (Wildman–Crippen MR) is 116 cm³/mol. The molecule has 1 amide bonds. The Hall–Kier alpha value is -2.13. The fourth-order valence-corrected chi connectivity index (χ4v) is 4.33. The van der Waals surface area contributed by atoms with Crippen molar-refractivity contribution in [1.82, 2.24) is 10.2 Å². The van der Waals surface area contributed by atoms with Crippen molar-refractivity contribution in [3.63, 3.8) is 0 Å². The van der Waals surface area contributed by atoms with Gasteiger partial charge in [-0.05, 0) is 69.8 Å². The summed E-state index contributed by atoms with van der Waals surface area (Å²) in [5.74, 6) is 0.357. The van der Waals surface area contributed by atoms with Crippen molar-refractivity contribution in [3.05, 3.63) is 70.3 Å². The van der Waals surface area contributed by atoms with E-state index < -0.39 is 0 Å². The van der Waals surface area contributed by atoms with Gasteiger partial charge in [0.25, 0.3) is 0 Å². The minimum Gasteiger partial charge on any atom is -0.349 e. The van der Waals surface area contributed by atoms with E-state index in [1.54, 1.807) is 0 Å². The van der Waals surface area contributed by atoms with E-state index in [0.717, 1.165) is 38.9 Å². The average molecular weight is 379 g/mol. The van der Waals surface area contributed by atoms with Crippen molar-refractivity contribution in [1.29, 1.82) is 0 Å². The maximum atomic E-state index is 12.9. The molecule has 1 saturated heterocycles. The van der Waals surface area contributed by atoms with Crippen LogP contribution in [0.25, 0.3) is 0 Å². The monoisotopic (exact) mass is 378 g/mol. The van der Waals surface area contributed by atoms with Gasteiger partial charge in [0.2, 0.25) is 5.91 Å². The van der Waals surface area contributed by atoms with Crippen LogP contribution >= 0.6 is 0 Å². The fourth-order valence-electron chi connectivity index (χ4n) is 4.33. The summed E-state index contributed by atoms with van der Waals surface area (Å²) in [4.78, 5) is 15.4. The maximum Gasteiger partial charge on any atom is 0.223 e. The highest BCUT2D eigenvalue weighted by atomic mass is 16.1. The third-order valence-electron chi connectivity index (χ3n) is 5.97. The molecule has 1 heterocycles. The quantitative estimate of drug-likeness (QED) is 0.759. The van der Waals surface area contributed by atoms with Crippen molar-refractivity contribution < 1.29 is 4.79 Å². The van der Waals surface area contributed by atoms with Crippen molar-refractivity contribution in [2.75, 3.05) is 13.1 Å². The van der Waals surface area contributed by atoms with Gasteiger partial charge in [-0.2, -0.15) is 0 Å². The number of nitrogens with one attached hydrogen (secondary N) is 1. The first-order valence-electron chi connectivity index (χ1n) is 10.6. The molecule has 3 rings (SSSR count). The number of amides is 1. The second-order valence-corrected chi connectivity index (χ2v) is 8.37. The molecule has 0 spiro atoms. The van der Waals surface area contributed by atoms with E-state index in [1.807, 2.05) is 0 Å². The summed E-state index contributed by atoms with van der Waals surface area (Å²) < 4.78 is 0. The molecule has 1 aliphatic heterocycles. The SMILES string of the molecule is CC[C@H](NC(=O)C1CCN(Cc2cccc(C)c2)CC1)c1ccc(C)cc1C. The summed E-state index contributed by atoms with van der Waals surface area (Å²) in [6, 6.07) is 15.3. The first kappa shape index (κ1) is 20.6. The molecular weight excluding hydrogens is 344 g/mol. The van der Waals surface area contributed by atoms with Gasteiger partial charge in [-0.15, -0.1) is 0 Å². The lowest BCUT2D eigenvalue weighted by molar-refractivity contribution is -0.127. The largest absolute Gasteiger partial charge is 0.349 e. The van der Waals surface area contributed by atoms with Crippen LogP contribution in [0.4, 0.5) is 0 Å². The number of carbonyl (C=O) groups is 1. The van der Waals surface area contributed by atoms with Crippen LogP contribution in [0.2, 0.25) is 0 Å². The number of piperidine rings is 1. The number of rotatable bonds is 6. The second kappa shape index (κ2) is 9.38. The van der Waals surface area contributed by atoms with Gasteiger partial charge in [0.15, 0.2) is 0 Å². The van der Waals surface area contributed by atoms with Crippen LogP contribution in [0.5, 0.6) is 0 Å². The second-order valence-electron chi connectivity index (χ2n) is 8.37. The molecule has 3 nitrogen and oxygen atoms in total. The first-order valence-corrected chi connectivity index (χ1v) is 10.6. The molecule has 28 heavy (non-hydrogen) atoms. The van der Waals surface area contributed by atoms with Crippen LogP contribution in [-0.4, -0.2) is 23.9 Å². The van der Waals surface area contributed by atoms with Crippen molar-refractivity contribution >= 4 is 5.91 Å². The van der Waals surface area contributed by atoms with Crippen LogP contribution in [-0.2, 0) is 11.3 Å². The van der Waals surface area contributed by atoms with E-state index in [9.17, 15) is 4.79 Å². The zero-order valence-corrected chi connectivity index (χ0v) is 17.8. The summed E-state index contributed by atoms with van der Waals surface area (Å²) in [7, 11) is 0. The third-order valence-corrected chi connectivity index (χ3v) is 5.97. The van der Waals surface area contributed by atoms with E-state index in [0.29, 0.717) is 0 Å². The van der Waals surface area contributed by atoms with Crippen molar-refractivity contribution in [2.24, 2.45) is 5.92 Å². The Balaban J connectivity index is 1.54. The highest BCUT2D eigenvalue weighted by molar-refractivity contribution is 5.79. The van der Waals surface area contributed by atoms with E-state index >= 15 is 0 Å². The smallest absolute Gasteiger partial charge is 0.223 e. The van der Waals surface area contributed by atoms with Crippen LogP contribution in [0.15, 0.2) is 42.5 Å². The molecule has 0 bridgehead atoms. The molecular formula is C25H34N2O. The van der Waals surface area contributed by atoms with Gasteiger partial charge in [-0.3, -0.25) is 9.69 Å². The van der Waals surface area contributed by atoms with Gasteiger partial charge >= 0.3 is 0 Å². The molecule has 0 unspecified atom stereocenters. The van der Waals surface area contributed by atoms with E-state index in [4.69, 9.17) is 0 Å². The standard InChI is InChI=1S/C25H34N2O/c1-5-24(23-10-9-19(3)15-20(23)4)26-25(28)22-11-13-27(14-12-22)17-21-8-6-7-18(2)16-21/h6-10,15-16,22,24H,5,11-14,17H2,1-4H3,(H,26,28)/t24-/m0/s1. The number of carbonyl (C=O) groups excluding carboxylic acids is 1. The van der Waals surface area contributed by atoms with Gasteiger partial charge in [0.1, 0.15) is 0 Å². The number of benzene rings is 2. The number of hydrogen-bond donors (Lipinski definition) is 1. The minimum absolute atomic E-state index is 0.110. The number of nitrogens with zero attached hydrogens (tertiary/aromatic N) is 1. The molecule has 2 aromatic carbocycles. The van der Waals surface area contributed by atoms with Crippen LogP contribution in [0, 0.1) is 26.7 Å². The normalized spacial score (nSPS) is 16.7. The third kappa shape index (κ3) is 5.23. The maximum absolute atomic E-state index is 12.9. The van der Waals surface area contributed by atoms with Crippen molar-refractivity contribution in [2.45, 2.75) is 59.5 Å². The lowest BCUT2D eigenvalue weighted by Crippen LogP contribution is -2.41. The number of aryl methyl sites for hydroxylation is 3. The van der Waals surface area contributed by atoms with Gasteiger partial charge in [-0.1, -0.05) is 60.5 Å². The Morgan fingerprint density at radius 3 is 2.43 bits per heavy atom. The van der Waals surface area contributed by atoms with Crippen LogP contribution in [0.1, 0.15) is 60.0 Å². The average Bonchev–Trinajstić information content (AvgIpc) is 2.67. The Kier molecular flexibility index (Phi) is 6.90. The highest BCUT2D eigenvalue weighted by Crippen LogP contribution is 2.25. The molecule has 1 atom stereocenters. The number of hydrogen-bond acceptors (Lipinski definition) is 2. The van der Waals surface area contributed by atoms with E-state index in [1.165, 1.54) is 27.8 Å². The van der Waals surface area contributed by atoms with Crippen LogP contribution in [0.3, 0.4) is 0 Å². The Morgan fingerprint density at radius 2 is 1.79 bits per heavy atom. The molecule has 1 N–H and O–H groups in total. The van der Waals surface area contributed by atoms with Gasteiger partial charge in [-0.25, -0.2) is 0 Å². The van der Waals surface area contributed by atoms with E-state index in [-0.39, 0.29) is 17.9 Å². The molecule has 0 aromatic heterocycles. The summed E-state index contributed by atoms with van der Waals surface area (Å²) in [5.41, 5.74) is 6.45. The topological polar surface area (TPSA) is 32.3 Å². The molecule has 0 radical (unpaired) electrons. The molecule has 1 fully saturated rings. The number of likely N-dealkylation sites (tertiary alicyclic amines) is 1. The summed E-state index contributed by atoms with van der Waals surface area (Å²) in [5, 5.41) is 3.33. The predicted octanol–water partition coefficient (Wildman–Crippen LogP) is 5.09. The summed E-state index contributed by atoms with van der Waals surface area (Å²) in [6.45, 7) is 11.5. The van der Waals surface area contributed by atoms with Gasteiger partial charge < -0.3 is 5.32 Å². The zero-order valence-electron chi connectivity index (χ0n) is 17.8. The lowest BCUT2D eigenvalue weighted by Gasteiger charge is -2.32. The fraction of sp³-hybridized carbons (Fsp3) is 0.480. The van der Waals surface area contributed by atoms with Crippen molar-refractivity contribution in [3.8, 4) is 0 Å². The molecule has 0 aliphatic carbocycles. The van der Waals surface area contributed by atoms with E-state index in [2.05, 4.69) is 80.4 Å². The molecule has 3 heteroatoms. The first-order chi connectivity index (χ1) is 13.5. The molecule has 150 valence electrons. The van der Waals surface area contributed by atoms with Gasteiger partial charge in [0.05, 0.1) is 6.04 Å². The summed E-state index contributed by atoms with van der Waals surface area (Å²) in [6.07, 6.45) is 2.81.